The minimum Gasteiger partial charge on any atom is -0.368 e. The molecule has 0 spiro atoms. The van der Waals surface area contributed by atoms with Gasteiger partial charge < -0.3 is 10.6 Å². The molecule has 0 radical (unpaired) electrons. The predicted molar refractivity (Wildman–Crippen MR) is 83.0 cm³/mol. The van der Waals surface area contributed by atoms with Crippen LogP contribution in [0.15, 0.2) is 29.4 Å². The van der Waals surface area contributed by atoms with E-state index in [-0.39, 0.29) is 17.0 Å². The highest BCUT2D eigenvalue weighted by molar-refractivity contribution is 8.00. The Morgan fingerprint density at radius 3 is 2.82 bits per heavy atom. The second-order valence-corrected chi connectivity index (χ2v) is 6.26. The molecular formula is C14H16FN5OS. The van der Waals surface area contributed by atoms with Crippen LogP contribution in [0.3, 0.4) is 0 Å². The molecule has 1 aromatic heterocycles. The lowest BCUT2D eigenvalue weighted by Gasteiger charge is -2.31. The van der Waals surface area contributed by atoms with Crippen LogP contribution in [0.4, 0.5) is 16.0 Å². The zero-order valence-electron chi connectivity index (χ0n) is 12.1. The van der Waals surface area contributed by atoms with Crippen LogP contribution in [0.25, 0.3) is 0 Å². The smallest absolute Gasteiger partial charge is 0.240 e. The summed E-state index contributed by atoms with van der Waals surface area (Å²) < 4.78 is 15.6. The van der Waals surface area contributed by atoms with E-state index in [4.69, 9.17) is 5.73 Å². The molecule has 2 heterocycles. The van der Waals surface area contributed by atoms with Gasteiger partial charge in [-0.1, -0.05) is 23.9 Å². The van der Waals surface area contributed by atoms with Gasteiger partial charge in [-0.05, 0) is 25.0 Å². The number of rotatable bonds is 3. The molecular weight excluding hydrogens is 305 g/mol. The van der Waals surface area contributed by atoms with Crippen LogP contribution < -0.4 is 10.6 Å². The number of carbonyl (C=O) groups excluding carboxylic acids is 1. The Hall–Kier alpha value is -2.09. The van der Waals surface area contributed by atoms with E-state index in [1.54, 1.807) is 29.8 Å². The fourth-order valence-corrected chi connectivity index (χ4v) is 3.52. The van der Waals surface area contributed by atoms with E-state index in [1.807, 2.05) is 0 Å². The number of anilines is 2. The minimum atomic E-state index is -0.385. The van der Waals surface area contributed by atoms with Crippen molar-refractivity contribution >= 4 is 29.3 Å². The van der Waals surface area contributed by atoms with Crippen LogP contribution in [0.1, 0.15) is 12.8 Å². The molecule has 2 N–H and O–H groups in total. The molecule has 0 aliphatic carbocycles. The maximum absolute atomic E-state index is 13.9. The summed E-state index contributed by atoms with van der Waals surface area (Å²) in [6, 6.07) is 6.33. The summed E-state index contributed by atoms with van der Waals surface area (Å²) in [5, 5.41) is 8.03. The standard InChI is InChI=1S/C14H16FN5OS/c1-19-13(16)17-18-14(19)22-11-7-4-8-20(12(11)21)10-6-3-2-5-9(10)15/h2-3,5-6,11H,4,7-8H2,1H3,(H2,16,17)/t11-/m0/s1. The Kier molecular flexibility index (Phi) is 4.02. The summed E-state index contributed by atoms with van der Waals surface area (Å²) in [6.45, 7) is 0.526. The molecule has 0 saturated carbocycles. The number of amides is 1. The maximum Gasteiger partial charge on any atom is 0.240 e. The number of nitrogens with two attached hydrogens (primary N) is 1. The largest absolute Gasteiger partial charge is 0.368 e. The Bertz CT molecular complexity index is 704. The normalized spacial score (nSPS) is 18.7. The first-order valence-electron chi connectivity index (χ1n) is 6.95. The molecule has 0 bridgehead atoms. The number of para-hydroxylation sites is 1. The van der Waals surface area contributed by atoms with Crippen molar-refractivity contribution in [3.63, 3.8) is 0 Å². The lowest BCUT2D eigenvalue weighted by molar-refractivity contribution is -0.119. The molecule has 1 aliphatic heterocycles. The van der Waals surface area contributed by atoms with E-state index in [9.17, 15) is 9.18 Å². The van der Waals surface area contributed by atoms with Gasteiger partial charge in [-0.15, -0.1) is 10.2 Å². The molecule has 1 saturated heterocycles. The first-order chi connectivity index (χ1) is 10.6. The highest BCUT2D eigenvalue weighted by Crippen LogP contribution is 2.32. The molecule has 1 aliphatic rings. The van der Waals surface area contributed by atoms with E-state index in [0.717, 1.165) is 12.8 Å². The molecule has 6 nitrogen and oxygen atoms in total. The molecule has 2 aromatic rings. The molecule has 116 valence electrons. The van der Waals surface area contributed by atoms with Gasteiger partial charge in [-0.2, -0.15) is 0 Å². The number of nitrogen functional groups attached to an aromatic ring is 1. The van der Waals surface area contributed by atoms with Crippen LogP contribution in [-0.4, -0.2) is 32.5 Å². The molecule has 1 fully saturated rings. The van der Waals surface area contributed by atoms with Crippen molar-refractivity contribution in [2.24, 2.45) is 7.05 Å². The third-order valence-corrected chi connectivity index (χ3v) is 4.94. The van der Waals surface area contributed by atoms with Crippen molar-refractivity contribution in [1.82, 2.24) is 14.8 Å². The summed E-state index contributed by atoms with van der Waals surface area (Å²) in [6.07, 6.45) is 1.53. The number of thioether (sulfide) groups is 1. The second-order valence-electron chi connectivity index (χ2n) is 5.09. The van der Waals surface area contributed by atoms with Gasteiger partial charge in [-0.3, -0.25) is 9.36 Å². The second kappa shape index (κ2) is 5.96. The lowest BCUT2D eigenvalue weighted by atomic mass is 10.1. The van der Waals surface area contributed by atoms with Crippen molar-refractivity contribution in [2.75, 3.05) is 17.2 Å². The fourth-order valence-electron chi connectivity index (χ4n) is 2.42. The zero-order valence-corrected chi connectivity index (χ0v) is 12.9. The van der Waals surface area contributed by atoms with Crippen LogP contribution in [-0.2, 0) is 11.8 Å². The predicted octanol–water partition coefficient (Wildman–Crippen LogP) is 1.82. The monoisotopic (exact) mass is 321 g/mol. The number of nitrogens with zero attached hydrogens (tertiary/aromatic N) is 4. The SMILES string of the molecule is Cn1c(N)nnc1S[C@H]1CCCN(c2ccccc2F)C1=O. The number of piperidine rings is 1. The first kappa shape index (κ1) is 14.8. The number of hydrogen-bond donors (Lipinski definition) is 1. The van der Waals surface area contributed by atoms with E-state index in [0.29, 0.717) is 23.3 Å². The highest BCUT2D eigenvalue weighted by atomic mass is 32.2. The van der Waals surface area contributed by atoms with Gasteiger partial charge in [0.05, 0.1) is 10.9 Å². The van der Waals surface area contributed by atoms with Crippen molar-refractivity contribution in [2.45, 2.75) is 23.2 Å². The van der Waals surface area contributed by atoms with E-state index in [2.05, 4.69) is 10.2 Å². The molecule has 0 unspecified atom stereocenters. The Morgan fingerprint density at radius 1 is 1.36 bits per heavy atom. The molecule has 22 heavy (non-hydrogen) atoms. The maximum atomic E-state index is 13.9. The number of hydrogen-bond acceptors (Lipinski definition) is 5. The average molecular weight is 321 g/mol. The molecule has 1 amide bonds. The van der Waals surface area contributed by atoms with E-state index >= 15 is 0 Å². The Labute approximate surface area is 131 Å². The third kappa shape index (κ3) is 2.66. The summed E-state index contributed by atoms with van der Waals surface area (Å²) >= 11 is 1.32. The van der Waals surface area contributed by atoms with Gasteiger partial charge in [-0.25, -0.2) is 4.39 Å². The van der Waals surface area contributed by atoms with Gasteiger partial charge >= 0.3 is 0 Å². The van der Waals surface area contributed by atoms with Crippen molar-refractivity contribution in [1.29, 1.82) is 0 Å². The van der Waals surface area contributed by atoms with E-state index in [1.165, 1.54) is 22.7 Å². The molecule has 8 heteroatoms. The Balaban J connectivity index is 1.81. The van der Waals surface area contributed by atoms with Crippen molar-refractivity contribution in [3.8, 4) is 0 Å². The topological polar surface area (TPSA) is 77.0 Å². The Morgan fingerprint density at radius 2 is 2.14 bits per heavy atom. The molecule has 1 aromatic carbocycles. The quantitative estimate of drug-likeness (QED) is 0.933. The van der Waals surface area contributed by atoms with Crippen LogP contribution >= 0.6 is 11.8 Å². The number of aromatic nitrogens is 3. The minimum absolute atomic E-state index is 0.108. The number of benzene rings is 1. The van der Waals surface area contributed by atoms with Crippen LogP contribution in [0.2, 0.25) is 0 Å². The average Bonchev–Trinajstić information content (AvgIpc) is 2.82. The first-order valence-corrected chi connectivity index (χ1v) is 7.83. The highest BCUT2D eigenvalue weighted by Gasteiger charge is 2.32. The third-order valence-electron chi connectivity index (χ3n) is 3.65. The zero-order chi connectivity index (χ0) is 15.7. The van der Waals surface area contributed by atoms with Gasteiger partial charge in [0.15, 0.2) is 5.16 Å². The van der Waals surface area contributed by atoms with Crippen LogP contribution in [0, 0.1) is 5.82 Å². The van der Waals surface area contributed by atoms with Gasteiger partial charge in [0, 0.05) is 13.6 Å². The summed E-state index contributed by atoms with van der Waals surface area (Å²) in [5.74, 6) is -0.191. The molecule has 3 rings (SSSR count). The molecule has 1 atom stereocenters. The number of carbonyl (C=O) groups is 1. The fraction of sp³-hybridized carbons (Fsp3) is 0.357. The van der Waals surface area contributed by atoms with Gasteiger partial charge in [0.2, 0.25) is 11.9 Å². The summed E-state index contributed by atoms with van der Waals surface area (Å²) in [5.41, 5.74) is 5.98. The van der Waals surface area contributed by atoms with Crippen molar-refractivity contribution in [3.05, 3.63) is 30.1 Å². The van der Waals surface area contributed by atoms with E-state index < -0.39 is 0 Å². The summed E-state index contributed by atoms with van der Waals surface area (Å²) in [4.78, 5) is 14.2. The summed E-state index contributed by atoms with van der Waals surface area (Å²) in [7, 11) is 1.75. The van der Waals surface area contributed by atoms with Crippen LogP contribution in [0.5, 0.6) is 0 Å². The number of halogens is 1. The lowest BCUT2D eigenvalue weighted by Crippen LogP contribution is -2.43. The van der Waals surface area contributed by atoms with Gasteiger partial charge in [0.25, 0.3) is 0 Å². The van der Waals surface area contributed by atoms with Gasteiger partial charge in [0.1, 0.15) is 5.82 Å². The van der Waals surface area contributed by atoms with Crippen molar-refractivity contribution < 1.29 is 9.18 Å².